The van der Waals surface area contributed by atoms with Gasteiger partial charge in [0.05, 0.1) is 19.0 Å². The van der Waals surface area contributed by atoms with E-state index >= 15 is 0 Å². The number of methoxy groups -OCH3 is 1. The maximum absolute atomic E-state index is 8.12. The van der Waals surface area contributed by atoms with E-state index in [1.54, 1.807) is 11.8 Å². The summed E-state index contributed by atoms with van der Waals surface area (Å²) in [6.07, 6.45) is 2.98. The molecule has 0 fully saturated rings. The zero-order chi connectivity index (χ0) is 14.3. The van der Waals surface area contributed by atoms with Crippen molar-refractivity contribution in [3.8, 4) is 11.4 Å². The summed E-state index contributed by atoms with van der Waals surface area (Å²) >= 11 is 5.84. The summed E-state index contributed by atoms with van der Waals surface area (Å²) in [4.78, 5) is 16.2. The predicted octanol–water partition coefficient (Wildman–Crippen LogP) is 2.51. The maximum Gasteiger partial charge on any atom is 0.373 e. The molecule has 2 aromatic rings. The van der Waals surface area contributed by atoms with E-state index in [-0.39, 0.29) is 6.15 Å². The third-order valence-corrected chi connectivity index (χ3v) is 2.65. The highest BCUT2D eigenvalue weighted by Crippen LogP contribution is 2.20. The van der Waals surface area contributed by atoms with Crippen LogP contribution in [0, 0.1) is 0 Å². The molecule has 0 atom stereocenters. The van der Waals surface area contributed by atoms with Crippen LogP contribution in [0.4, 0.5) is 0 Å². The van der Waals surface area contributed by atoms with E-state index in [4.69, 9.17) is 25.9 Å². The molecule has 19 heavy (non-hydrogen) atoms. The molecule has 1 aromatic carbocycles. The summed E-state index contributed by atoms with van der Waals surface area (Å²) in [5, 5.41) is 5.17. The Labute approximate surface area is 115 Å². The third-order valence-electron chi connectivity index (χ3n) is 2.40. The fourth-order valence-corrected chi connectivity index (χ4v) is 1.66. The molecule has 0 saturated heterocycles. The summed E-state index contributed by atoms with van der Waals surface area (Å²) in [5.41, 5.74) is 1.93. The highest BCUT2D eigenvalue weighted by atomic mass is 35.5. The van der Waals surface area contributed by atoms with Crippen molar-refractivity contribution in [2.45, 2.75) is 13.3 Å². The van der Waals surface area contributed by atoms with Crippen molar-refractivity contribution in [3.63, 3.8) is 0 Å². The van der Waals surface area contributed by atoms with Crippen molar-refractivity contribution in [1.29, 1.82) is 0 Å². The molecule has 0 bridgehead atoms. The van der Waals surface area contributed by atoms with Gasteiger partial charge in [-0.1, -0.05) is 18.5 Å². The predicted molar refractivity (Wildman–Crippen MR) is 69.5 cm³/mol. The normalized spacial score (nSPS) is 9.21. The first kappa shape index (κ1) is 15.0. The largest absolute Gasteiger partial charge is 0.493 e. The van der Waals surface area contributed by atoms with E-state index in [1.807, 2.05) is 30.5 Å². The van der Waals surface area contributed by atoms with E-state index in [1.165, 1.54) is 0 Å². The molecule has 0 unspecified atom stereocenters. The van der Waals surface area contributed by atoms with Gasteiger partial charge in [0.25, 0.3) is 0 Å². The number of aryl methyl sites for hydroxylation is 1. The van der Waals surface area contributed by atoms with Crippen LogP contribution in [-0.4, -0.2) is 23.0 Å². The van der Waals surface area contributed by atoms with Crippen LogP contribution < -0.4 is 4.74 Å². The molecule has 0 radical (unpaired) electrons. The molecule has 0 aliphatic heterocycles. The minimum Gasteiger partial charge on any atom is -0.493 e. The van der Waals surface area contributed by atoms with Gasteiger partial charge in [0, 0.05) is 5.02 Å². The highest BCUT2D eigenvalue weighted by molar-refractivity contribution is 6.30. The lowest BCUT2D eigenvalue weighted by atomic mass is 10.3. The number of hydrogen-bond acceptors (Lipinski definition) is 4. The summed E-state index contributed by atoms with van der Waals surface area (Å²) < 4.78 is 7.05. The Morgan fingerprint density at radius 1 is 1.32 bits per heavy atom. The SMILES string of the molecule is CCc1nn(-c2ccc(Cl)cc2)cc1OC.O=C=O. The summed E-state index contributed by atoms with van der Waals surface area (Å²) in [6, 6.07) is 7.54. The van der Waals surface area contributed by atoms with Crippen LogP contribution in [0.2, 0.25) is 5.02 Å². The van der Waals surface area contributed by atoms with Gasteiger partial charge in [0.2, 0.25) is 0 Å². The first-order valence-corrected chi connectivity index (χ1v) is 5.91. The van der Waals surface area contributed by atoms with Gasteiger partial charge in [0.1, 0.15) is 5.69 Å². The minimum atomic E-state index is 0.250. The van der Waals surface area contributed by atoms with Gasteiger partial charge >= 0.3 is 6.15 Å². The smallest absolute Gasteiger partial charge is 0.373 e. The fraction of sp³-hybridized carbons (Fsp3) is 0.231. The van der Waals surface area contributed by atoms with Gasteiger partial charge in [-0.05, 0) is 30.7 Å². The Kier molecular flexibility index (Phi) is 5.79. The van der Waals surface area contributed by atoms with Crippen LogP contribution in [0.3, 0.4) is 0 Å². The Bertz CT molecular complexity index is 536. The van der Waals surface area contributed by atoms with Gasteiger partial charge in [-0.15, -0.1) is 0 Å². The fourth-order valence-electron chi connectivity index (χ4n) is 1.54. The molecule has 0 N–H and O–H groups in total. The van der Waals surface area contributed by atoms with Crippen molar-refractivity contribution in [3.05, 3.63) is 41.2 Å². The molecule has 6 heteroatoms. The molecular weight excluding hydrogens is 268 g/mol. The zero-order valence-electron chi connectivity index (χ0n) is 10.6. The first-order valence-electron chi connectivity index (χ1n) is 5.54. The van der Waals surface area contributed by atoms with Crippen LogP contribution >= 0.6 is 11.6 Å². The monoisotopic (exact) mass is 280 g/mol. The first-order chi connectivity index (χ1) is 9.15. The van der Waals surface area contributed by atoms with Gasteiger partial charge in [-0.25, -0.2) is 4.68 Å². The van der Waals surface area contributed by atoms with Gasteiger partial charge in [0.15, 0.2) is 5.75 Å². The van der Waals surface area contributed by atoms with E-state index < -0.39 is 0 Å². The molecular formula is C13H13ClN2O3. The number of ether oxygens (including phenoxy) is 1. The Hall–Kier alpha value is -2.10. The van der Waals surface area contributed by atoms with Crippen LogP contribution in [0.15, 0.2) is 30.5 Å². The van der Waals surface area contributed by atoms with E-state index in [9.17, 15) is 0 Å². The van der Waals surface area contributed by atoms with Gasteiger partial charge in [-0.3, -0.25) is 0 Å². The molecule has 0 spiro atoms. The van der Waals surface area contributed by atoms with Crippen LogP contribution in [0.1, 0.15) is 12.6 Å². The lowest BCUT2D eigenvalue weighted by Gasteiger charge is -1.99. The molecule has 5 nitrogen and oxygen atoms in total. The Morgan fingerprint density at radius 2 is 1.89 bits per heavy atom. The quantitative estimate of drug-likeness (QED) is 0.867. The number of hydrogen-bond donors (Lipinski definition) is 0. The van der Waals surface area contributed by atoms with Crippen LogP contribution in [-0.2, 0) is 16.0 Å². The molecule has 0 aliphatic rings. The molecule has 0 aliphatic carbocycles. The lowest BCUT2D eigenvalue weighted by molar-refractivity contribution is -0.191. The van der Waals surface area contributed by atoms with Crippen molar-refractivity contribution in [1.82, 2.24) is 9.78 Å². The number of carbonyl (C=O) groups excluding carboxylic acids is 2. The maximum atomic E-state index is 8.12. The summed E-state index contributed by atoms with van der Waals surface area (Å²) in [5.74, 6) is 0.817. The van der Waals surface area contributed by atoms with Gasteiger partial charge in [-0.2, -0.15) is 14.7 Å². The van der Waals surface area contributed by atoms with Crippen molar-refractivity contribution in [2.24, 2.45) is 0 Å². The van der Waals surface area contributed by atoms with E-state index in [0.717, 1.165) is 28.6 Å². The lowest BCUT2D eigenvalue weighted by Crippen LogP contribution is -1.95. The molecule has 2 rings (SSSR count). The average molecular weight is 281 g/mol. The third kappa shape index (κ3) is 3.95. The van der Waals surface area contributed by atoms with Crippen LogP contribution in [0.5, 0.6) is 5.75 Å². The summed E-state index contributed by atoms with van der Waals surface area (Å²) in [6.45, 7) is 2.05. The number of benzene rings is 1. The molecule has 100 valence electrons. The molecule has 1 aromatic heterocycles. The number of rotatable bonds is 3. The number of nitrogens with zero attached hydrogens (tertiary/aromatic N) is 2. The number of aromatic nitrogens is 2. The second kappa shape index (κ2) is 7.36. The number of halogens is 1. The molecule has 1 heterocycles. The molecule has 0 saturated carbocycles. The molecule has 0 amide bonds. The standard InChI is InChI=1S/C12H13ClN2O.CO2/c1-3-11-12(16-2)8-15(14-11)10-6-4-9(13)5-7-10;2-1-3/h4-8H,3H2,1-2H3;. The minimum absolute atomic E-state index is 0.250. The van der Waals surface area contributed by atoms with Gasteiger partial charge < -0.3 is 4.74 Å². The highest BCUT2D eigenvalue weighted by Gasteiger charge is 2.08. The zero-order valence-corrected chi connectivity index (χ0v) is 11.3. The topological polar surface area (TPSA) is 61.2 Å². The van der Waals surface area contributed by atoms with Crippen LogP contribution in [0.25, 0.3) is 5.69 Å². The van der Waals surface area contributed by atoms with E-state index in [0.29, 0.717) is 0 Å². The Balaban J connectivity index is 0.000000550. The average Bonchev–Trinajstić information content (AvgIpc) is 2.83. The summed E-state index contributed by atoms with van der Waals surface area (Å²) in [7, 11) is 1.66. The Morgan fingerprint density at radius 3 is 2.32 bits per heavy atom. The van der Waals surface area contributed by atoms with E-state index in [2.05, 4.69) is 12.0 Å². The second-order valence-electron chi connectivity index (χ2n) is 3.50. The van der Waals surface area contributed by atoms with Crippen molar-refractivity contribution in [2.75, 3.05) is 7.11 Å². The van der Waals surface area contributed by atoms with Crippen molar-refractivity contribution >= 4 is 17.8 Å². The van der Waals surface area contributed by atoms with Crippen molar-refractivity contribution < 1.29 is 14.3 Å². The second-order valence-corrected chi connectivity index (χ2v) is 3.94.